The Labute approximate surface area is 119 Å². The molecule has 1 aromatic carbocycles. The van der Waals surface area contributed by atoms with Gasteiger partial charge in [0.05, 0.1) is 6.10 Å². The fourth-order valence-corrected chi connectivity index (χ4v) is 2.75. The van der Waals surface area contributed by atoms with Crippen LogP contribution in [0.1, 0.15) is 76.3 Å². The fraction of sp³-hybridized carbons (Fsp3) is 0.667. The maximum Gasteiger partial charge on any atom is 0.0800 e. The monoisotopic (exact) mass is 262 g/mol. The van der Waals surface area contributed by atoms with E-state index in [0.29, 0.717) is 0 Å². The van der Waals surface area contributed by atoms with Gasteiger partial charge in [0.25, 0.3) is 0 Å². The molecule has 1 aromatic rings. The van der Waals surface area contributed by atoms with Crippen LogP contribution in [0.3, 0.4) is 0 Å². The quantitative estimate of drug-likeness (QED) is 0.804. The third-order valence-electron chi connectivity index (χ3n) is 3.72. The first-order valence-corrected chi connectivity index (χ1v) is 7.65. The maximum absolute atomic E-state index is 10.6. The molecule has 1 heteroatoms. The summed E-state index contributed by atoms with van der Waals surface area (Å²) >= 11 is 0. The van der Waals surface area contributed by atoms with E-state index in [9.17, 15) is 5.11 Å². The Morgan fingerprint density at radius 2 is 1.42 bits per heavy atom. The summed E-state index contributed by atoms with van der Waals surface area (Å²) in [5.74, 6) is 0. The van der Waals surface area contributed by atoms with Crippen molar-refractivity contribution in [1.82, 2.24) is 0 Å². The van der Waals surface area contributed by atoms with Gasteiger partial charge >= 0.3 is 0 Å². The van der Waals surface area contributed by atoms with Crippen LogP contribution in [0.15, 0.2) is 12.1 Å². The summed E-state index contributed by atoms with van der Waals surface area (Å²) < 4.78 is 0. The Kier molecular flexibility index (Phi) is 5.61. The van der Waals surface area contributed by atoms with Crippen LogP contribution in [-0.4, -0.2) is 5.11 Å². The van der Waals surface area contributed by atoms with Crippen molar-refractivity contribution in [2.45, 2.75) is 73.3 Å². The van der Waals surface area contributed by atoms with Gasteiger partial charge in [-0.25, -0.2) is 0 Å². The molecule has 0 saturated carbocycles. The molecule has 1 N–H and O–H groups in total. The molecule has 0 aliphatic heterocycles. The second kappa shape index (κ2) is 6.56. The zero-order valence-electron chi connectivity index (χ0n) is 13.5. The third kappa shape index (κ3) is 4.35. The lowest BCUT2D eigenvalue weighted by atomic mass is 9.82. The van der Waals surface area contributed by atoms with Crippen LogP contribution in [0.4, 0.5) is 0 Å². The Hall–Kier alpha value is -0.820. The largest absolute Gasteiger partial charge is 0.388 e. The molecule has 0 aliphatic carbocycles. The highest BCUT2D eigenvalue weighted by atomic mass is 16.3. The summed E-state index contributed by atoms with van der Waals surface area (Å²) in [6, 6.07) is 4.56. The minimum Gasteiger partial charge on any atom is -0.388 e. The van der Waals surface area contributed by atoms with Crippen molar-refractivity contribution in [3.8, 4) is 0 Å². The molecule has 1 atom stereocenters. The smallest absolute Gasteiger partial charge is 0.0800 e. The van der Waals surface area contributed by atoms with Crippen LogP contribution >= 0.6 is 0 Å². The van der Waals surface area contributed by atoms with Crippen molar-refractivity contribution >= 4 is 0 Å². The van der Waals surface area contributed by atoms with Crippen LogP contribution in [0.5, 0.6) is 0 Å². The minimum absolute atomic E-state index is 0.152. The molecule has 1 nitrogen and oxygen atoms in total. The average Bonchev–Trinajstić information content (AvgIpc) is 2.34. The fourth-order valence-electron chi connectivity index (χ4n) is 2.75. The van der Waals surface area contributed by atoms with Gasteiger partial charge < -0.3 is 5.11 Å². The second-order valence-corrected chi connectivity index (χ2v) is 6.67. The van der Waals surface area contributed by atoms with Crippen molar-refractivity contribution < 1.29 is 5.11 Å². The molecule has 0 spiro atoms. The van der Waals surface area contributed by atoms with E-state index in [4.69, 9.17) is 0 Å². The van der Waals surface area contributed by atoms with E-state index in [1.54, 1.807) is 0 Å². The third-order valence-corrected chi connectivity index (χ3v) is 3.72. The Morgan fingerprint density at radius 3 is 1.74 bits per heavy atom. The van der Waals surface area contributed by atoms with E-state index in [0.717, 1.165) is 25.7 Å². The van der Waals surface area contributed by atoms with Crippen molar-refractivity contribution in [2.24, 2.45) is 5.41 Å². The summed E-state index contributed by atoms with van der Waals surface area (Å²) in [6.07, 6.45) is 3.54. The molecule has 1 rings (SSSR count). The van der Waals surface area contributed by atoms with Crippen molar-refractivity contribution in [2.75, 3.05) is 0 Å². The molecule has 108 valence electrons. The molecule has 19 heavy (non-hydrogen) atoms. The van der Waals surface area contributed by atoms with Gasteiger partial charge in [-0.05, 0) is 53.4 Å². The number of aryl methyl sites for hydroxylation is 3. The van der Waals surface area contributed by atoms with Crippen LogP contribution in [0.2, 0.25) is 0 Å². The van der Waals surface area contributed by atoms with E-state index in [1.165, 1.54) is 22.3 Å². The highest BCUT2D eigenvalue weighted by molar-refractivity contribution is 5.41. The molecule has 0 fully saturated rings. The first-order chi connectivity index (χ1) is 8.82. The van der Waals surface area contributed by atoms with Gasteiger partial charge in [0.1, 0.15) is 0 Å². The lowest BCUT2D eigenvalue weighted by Crippen LogP contribution is -2.15. The molecular weight excluding hydrogens is 232 g/mol. The van der Waals surface area contributed by atoms with Gasteiger partial charge in [-0.3, -0.25) is 0 Å². The molecule has 0 bridgehead atoms. The van der Waals surface area contributed by atoms with Crippen molar-refractivity contribution in [3.63, 3.8) is 0 Å². The predicted molar refractivity (Wildman–Crippen MR) is 83.6 cm³/mol. The predicted octanol–water partition coefficient (Wildman–Crippen LogP) is 4.84. The summed E-state index contributed by atoms with van der Waals surface area (Å²) in [5, 5.41) is 10.6. The minimum atomic E-state index is -0.337. The first kappa shape index (κ1) is 16.2. The van der Waals surface area contributed by atoms with E-state index in [1.807, 2.05) is 0 Å². The van der Waals surface area contributed by atoms with E-state index in [2.05, 4.69) is 53.7 Å². The number of aliphatic hydroxyl groups excluding tert-OH is 1. The Balaban J connectivity index is 3.23. The summed E-state index contributed by atoms with van der Waals surface area (Å²) in [6.45, 7) is 13.1. The molecule has 0 radical (unpaired) electrons. The zero-order valence-corrected chi connectivity index (χ0v) is 13.5. The number of hydrogen-bond donors (Lipinski definition) is 1. The van der Waals surface area contributed by atoms with Crippen LogP contribution in [0.25, 0.3) is 0 Å². The standard InChI is InChI=1S/C18H30O/c1-7-13-10-14(8-2)17(15(9-3)11-13)16(19)12-18(4,5)6/h10-11,16,19H,7-9,12H2,1-6H3. The lowest BCUT2D eigenvalue weighted by Gasteiger charge is -2.26. The summed E-state index contributed by atoms with van der Waals surface area (Å²) in [7, 11) is 0. The highest BCUT2D eigenvalue weighted by Gasteiger charge is 2.22. The molecular formula is C18H30O. The molecule has 0 heterocycles. The van der Waals surface area contributed by atoms with Crippen LogP contribution < -0.4 is 0 Å². The number of hydrogen-bond acceptors (Lipinski definition) is 1. The van der Waals surface area contributed by atoms with Crippen LogP contribution in [0, 0.1) is 5.41 Å². The first-order valence-electron chi connectivity index (χ1n) is 7.65. The van der Waals surface area contributed by atoms with Gasteiger partial charge in [0, 0.05) is 0 Å². The van der Waals surface area contributed by atoms with E-state index < -0.39 is 0 Å². The molecule has 0 saturated heterocycles. The Bertz CT molecular complexity index is 387. The molecule has 0 aromatic heterocycles. The number of aliphatic hydroxyl groups is 1. The number of rotatable bonds is 5. The molecule has 1 unspecified atom stereocenters. The Morgan fingerprint density at radius 1 is 0.947 bits per heavy atom. The van der Waals surface area contributed by atoms with Crippen molar-refractivity contribution in [3.05, 3.63) is 34.4 Å². The van der Waals surface area contributed by atoms with Gasteiger partial charge in [-0.1, -0.05) is 53.7 Å². The number of benzene rings is 1. The maximum atomic E-state index is 10.6. The normalized spacial score (nSPS) is 13.6. The van der Waals surface area contributed by atoms with Crippen LogP contribution in [-0.2, 0) is 19.3 Å². The SMILES string of the molecule is CCc1cc(CC)c(C(O)CC(C)(C)C)c(CC)c1. The molecule has 0 amide bonds. The zero-order chi connectivity index (χ0) is 14.6. The summed E-state index contributed by atoms with van der Waals surface area (Å²) in [4.78, 5) is 0. The summed E-state index contributed by atoms with van der Waals surface area (Å²) in [5.41, 5.74) is 5.39. The average molecular weight is 262 g/mol. The van der Waals surface area contributed by atoms with Gasteiger partial charge in [-0.15, -0.1) is 0 Å². The topological polar surface area (TPSA) is 20.2 Å². The second-order valence-electron chi connectivity index (χ2n) is 6.67. The van der Waals surface area contributed by atoms with Gasteiger partial charge in [-0.2, -0.15) is 0 Å². The lowest BCUT2D eigenvalue weighted by molar-refractivity contribution is 0.121. The van der Waals surface area contributed by atoms with E-state index >= 15 is 0 Å². The van der Waals surface area contributed by atoms with Gasteiger partial charge in [0.15, 0.2) is 0 Å². The van der Waals surface area contributed by atoms with Gasteiger partial charge in [0.2, 0.25) is 0 Å². The van der Waals surface area contributed by atoms with E-state index in [-0.39, 0.29) is 11.5 Å². The highest BCUT2D eigenvalue weighted by Crippen LogP contribution is 2.34. The molecule has 0 aliphatic rings. The van der Waals surface area contributed by atoms with Crippen molar-refractivity contribution in [1.29, 1.82) is 0 Å².